The van der Waals surface area contributed by atoms with Gasteiger partial charge in [0, 0.05) is 30.1 Å². The van der Waals surface area contributed by atoms with E-state index in [0.29, 0.717) is 17.5 Å². The molecule has 0 atom stereocenters. The lowest BCUT2D eigenvalue weighted by molar-refractivity contribution is 0.381. The standard InChI is InChI=1S/C16H16F2N6O/c1-9-5-20-16(23-10-6-21-22-7-10)24-15(9)19-8-11-12(17)3-4-13(25-2)14(11)18/h3-7H,8H2,1-2H3,(H,21,22)(H2,19,20,23,24). The third-order valence-corrected chi connectivity index (χ3v) is 3.53. The largest absolute Gasteiger partial charge is 0.494 e. The molecular weight excluding hydrogens is 330 g/mol. The van der Waals surface area contributed by atoms with Crippen LogP contribution in [0.5, 0.6) is 5.75 Å². The van der Waals surface area contributed by atoms with Gasteiger partial charge in [0.15, 0.2) is 11.6 Å². The Morgan fingerprint density at radius 3 is 2.80 bits per heavy atom. The molecule has 3 aromatic rings. The van der Waals surface area contributed by atoms with E-state index >= 15 is 0 Å². The van der Waals surface area contributed by atoms with Gasteiger partial charge in [-0.1, -0.05) is 0 Å². The number of hydrogen-bond acceptors (Lipinski definition) is 6. The van der Waals surface area contributed by atoms with Crippen molar-refractivity contribution < 1.29 is 13.5 Å². The summed E-state index contributed by atoms with van der Waals surface area (Å²) >= 11 is 0. The van der Waals surface area contributed by atoms with E-state index < -0.39 is 11.6 Å². The van der Waals surface area contributed by atoms with Crippen LogP contribution in [-0.4, -0.2) is 27.3 Å². The van der Waals surface area contributed by atoms with Gasteiger partial charge in [0.05, 0.1) is 19.0 Å². The summed E-state index contributed by atoms with van der Waals surface area (Å²) in [7, 11) is 1.33. The molecule has 0 saturated carbocycles. The van der Waals surface area contributed by atoms with Crippen molar-refractivity contribution in [3.63, 3.8) is 0 Å². The van der Waals surface area contributed by atoms with Gasteiger partial charge in [-0.2, -0.15) is 10.1 Å². The predicted octanol–water partition coefficient (Wildman–Crippen LogP) is 3.15. The van der Waals surface area contributed by atoms with Crippen molar-refractivity contribution in [3.8, 4) is 5.75 Å². The van der Waals surface area contributed by atoms with Crippen LogP contribution in [0.1, 0.15) is 11.1 Å². The summed E-state index contributed by atoms with van der Waals surface area (Å²) in [5.41, 5.74) is 1.31. The SMILES string of the molecule is COc1ccc(F)c(CNc2nc(Nc3cn[nH]c3)ncc2C)c1F. The number of nitrogens with zero attached hydrogens (tertiary/aromatic N) is 3. The summed E-state index contributed by atoms with van der Waals surface area (Å²) in [5, 5.41) is 12.4. The van der Waals surface area contributed by atoms with Crippen LogP contribution in [0.4, 0.5) is 26.2 Å². The number of ether oxygens (including phenoxy) is 1. The minimum atomic E-state index is -0.738. The Labute approximate surface area is 142 Å². The van der Waals surface area contributed by atoms with Crippen LogP contribution in [0.2, 0.25) is 0 Å². The van der Waals surface area contributed by atoms with E-state index in [1.54, 1.807) is 25.5 Å². The van der Waals surface area contributed by atoms with Gasteiger partial charge in [-0.15, -0.1) is 0 Å². The molecular formula is C16H16F2N6O. The van der Waals surface area contributed by atoms with Crippen molar-refractivity contribution in [3.05, 3.63) is 53.5 Å². The molecule has 7 nitrogen and oxygen atoms in total. The second kappa shape index (κ2) is 7.12. The molecule has 0 aliphatic carbocycles. The molecule has 0 radical (unpaired) electrons. The van der Waals surface area contributed by atoms with Crippen molar-refractivity contribution in [2.75, 3.05) is 17.7 Å². The zero-order valence-corrected chi connectivity index (χ0v) is 13.6. The predicted molar refractivity (Wildman–Crippen MR) is 88.9 cm³/mol. The number of benzene rings is 1. The normalized spacial score (nSPS) is 10.6. The van der Waals surface area contributed by atoms with Crippen molar-refractivity contribution in [1.82, 2.24) is 20.2 Å². The molecule has 25 heavy (non-hydrogen) atoms. The van der Waals surface area contributed by atoms with Crippen LogP contribution in [0, 0.1) is 18.6 Å². The second-order valence-corrected chi connectivity index (χ2v) is 5.23. The number of methoxy groups -OCH3 is 1. The summed E-state index contributed by atoms with van der Waals surface area (Å²) < 4.78 is 33.0. The lowest BCUT2D eigenvalue weighted by Gasteiger charge is -2.12. The van der Waals surface area contributed by atoms with Gasteiger partial charge >= 0.3 is 0 Å². The third-order valence-electron chi connectivity index (χ3n) is 3.53. The average Bonchev–Trinajstić information content (AvgIpc) is 3.10. The van der Waals surface area contributed by atoms with E-state index in [0.717, 1.165) is 11.6 Å². The van der Waals surface area contributed by atoms with Crippen molar-refractivity contribution in [2.45, 2.75) is 13.5 Å². The van der Waals surface area contributed by atoms with Gasteiger partial charge in [0.2, 0.25) is 5.95 Å². The highest BCUT2D eigenvalue weighted by Crippen LogP contribution is 2.24. The molecule has 0 unspecified atom stereocenters. The molecule has 2 aromatic heterocycles. The van der Waals surface area contributed by atoms with E-state index in [2.05, 4.69) is 30.8 Å². The first kappa shape index (κ1) is 16.6. The molecule has 0 spiro atoms. The van der Waals surface area contributed by atoms with E-state index in [1.807, 2.05) is 0 Å². The molecule has 0 saturated heterocycles. The van der Waals surface area contributed by atoms with Gasteiger partial charge in [0.1, 0.15) is 11.6 Å². The monoisotopic (exact) mass is 346 g/mol. The number of nitrogens with one attached hydrogen (secondary N) is 3. The van der Waals surface area contributed by atoms with Crippen molar-refractivity contribution >= 4 is 17.5 Å². The maximum atomic E-state index is 14.2. The van der Waals surface area contributed by atoms with E-state index in [4.69, 9.17) is 4.74 Å². The Morgan fingerprint density at radius 2 is 2.08 bits per heavy atom. The Morgan fingerprint density at radius 1 is 1.24 bits per heavy atom. The highest BCUT2D eigenvalue weighted by molar-refractivity contribution is 5.54. The number of anilines is 3. The molecule has 1 aromatic carbocycles. The highest BCUT2D eigenvalue weighted by atomic mass is 19.1. The molecule has 3 N–H and O–H groups in total. The smallest absolute Gasteiger partial charge is 0.229 e. The Kier molecular flexibility index (Phi) is 4.73. The van der Waals surface area contributed by atoms with Gasteiger partial charge in [-0.25, -0.2) is 13.8 Å². The molecule has 2 heterocycles. The quantitative estimate of drug-likeness (QED) is 0.635. The number of H-pyrrole nitrogens is 1. The molecule has 130 valence electrons. The fraction of sp³-hybridized carbons (Fsp3) is 0.188. The fourth-order valence-corrected chi connectivity index (χ4v) is 2.20. The Balaban J connectivity index is 1.79. The molecule has 3 rings (SSSR count). The number of aromatic nitrogens is 4. The summed E-state index contributed by atoms with van der Waals surface area (Å²) in [6, 6.07) is 2.41. The minimum absolute atomic E-state index is 0.0140. The first-order valence-electron chi connectivity index (χ1n) is 7.42. The molecule has 0 aliphatic rings. The van der Waals surface area contributed by atoms with Crippen LogP contribution in [0.3, 0.4) is 0 Å². The number of hydrogen-bond donors (Lipinski definition) is 3. The minimum Gasteiger partial charge on any atom is -0.494 e. The van der Waals surface area contributed by atoms with Crippen LogP contribution >= 0.6 is 0 Å². The van der Waals surface area contributed by atoms with Gasteiger partial charge < -0.3 is 15.4 Å². The number of rotatable bonds is 6. The van der Waals surface area contributed by atoms with E-state index in [9.17, 15) is 8.78 Å². The van der Waals surface area contributed by atoms with Gasteiger partial charge in [-0.3, -0.25) is 5.10 Å². The Bertz CT molecular complexity index is 869. The summed E-state index contributed by atoms with van der Waals surface area (Å²) in [4.78, 5) is 8.47. The van der Waals surface area contributed by atoms with Crippen LogP contribution in [-0.2, 0) is 6.54 Å². The van der Waals surface area contributed by atoms with E-state index in [1.165, 1.54) is 13.2 Å². The molecule has 0 aliphatic heterocycles. The zero-order valence-electron chi connectivity index (χ0n) is 13.6. The first-order chi connectivity index (χ1) is 12.1. The van der Waals surface area contributed by atoms with Gasteiger partial charge in [0.25, 0.3) is 0 Å². The topological polar surface area (TPSA) is 87.8 Å². The summed E-state index contributed by atoms with van der Waals surface area (Å²) in [5.74, 6) is -0.615. The fourth-order valence-electron chi connectivity index (χ4n) is 2.20. The average molecular weight is 346 g/mol. The summed E-state index contributed by atoms with van der Waals surface area (Å²) in [6.07, 6.45) is 4.84. The molecule has 0 amide bonds. The van der Waals surface area contributed by atoms with Crippen LogP contribution < -0.4 is 15.4 Å². The number of aryl methyl sites for hydroxylation is 1. The lowest BCUT2D eigenvalue weighted by Crippen LogP contribution is -2.09. The summed E-state index contributed by atoms with van der Waals surface area (Å²) in [6.45, 7) is 1.71. The second-order valence-electron chi connectivity index (χ2n) is 5.23. The van der Waals surface area contributed by atoms with Crippen LogP contribution in [0.25, 0.3) is 0 Å². The number of halogens is 2. The van der Waals surface area contributed by atoms with Crippen LogP contribution in [0.15, 0.2) is 30.7 Å². The first-order valence-corrected chi connectivity index (χ1v) is 7.42. The molecule has 9 heteroatoms. The molecule has 0 bridgehead atoms. The maximum absolute atomic E-state index is 14.2. The third kappa shape index (κ3) is 3.65. The van der Waals surface area contributed by atoms with Crippen molar-refractivity contribution in [2.24, 2.45) is 0 Å². The van der Waals surface area contributed by atoms with Gasteiger partial charge in [-0.05, 0) is 19.1 Å². The maximum Gasteiger partial charge on any atom is 0.229 e. The number of aromatic amines is 1. The lowest BCUT2D eigenvalue weighted by atomic mass is 10.1. The highest BCUT2D eigenvalue weighted by Gasteiger charge is 2.15. The Hall–Kier alpha value is -3.23. The van der Waals surface area contributed by atoms with Crippen molar-refractivity contribution in [1.29, 1.82) is 0 Å². The van der Waals surface area contributed by atoms with E-state index in [-0.39, 0.29) is 17.9 Å². The zero-order chi connectivity index (χ0) is 17.8. The molecule has 0 fully saturated rings.